The fraction of sp³-hybridized carbons (Fsp3) is 0.692. The van der Waals surface area contributed by atoms with Gasteiger partial charge in [0.05, 0.1) is 13.2 Å². The van der Waals surface area contributed by atoms with E-state index in [0.29, 0.717) is 13.0 Å². The Kier molecular flexibility index (Phi) is 6.44. The Bertz CT molecular complexity index is 564. The van der Waals surface area contributed by atoms with E-state index in [1.165, 1.54) is 11.7 Å². The molecule has 1 aromatic rings. The number of aliphatic hydroxyl groups is 1. The molecule has 1 atom stereocenters. The van der Waals surface area contributed by atoms with E-state index in [2.05, 4.69) is 10.3 Å². The van der Waals surface area contributed by atoms with Crippen molar-refractivity contribution in [2.24, 2.45) is 5.92 Å². The van der Waals surface area contributed by atoms with Gasteiger partial charge in [0.25, 0.3) is 5.56 Å². The van der Waals surface area contributed by atoms with Crippen LogP contribution in [0.2, 0.25) is 0 Å². The predicted molar refractivity (Wildman–Crippen MR) is 81.6 cm³/mol. The monoisotopic (exact) mass is 300 g/mol. The van der Waals surface area contributed by atoms with Gasteiger partial charge in [-0.1, -0.05) is 13.8 Å². The molecule has 1 heterocycles. The lowest BCUT2D eigenvalue weighted by Gasteiger charge is -2.23. The summed E-state index contributed by atoms with van der Waals surface area (Å²) < 4.78 is 6.18. The minimum atomic E-state index is -0.566. The zero-order chi connectivity index (χ0) is 16.0. The van der Waals surface area contributed by atoms with Crippen LogP contribution in [-0.2, 0) is 11.3 Å². The molecule has 8 heteroatoms. The average Bonchev–Trinajstić information content (AvgIpc) is 2.41. The smallest absolute Gasteiger partial charge is 0.330 e. The third kappa shape index (κ3) is 4.33. The second kappa shape index (κ2) is 7.84. The molecule has 0 aliphatic heterocycles. The number of nitrogens with zero attached hydrogens (tertiary/aromatic N) is 1. The van der Waals surface area contributed by atoms with Crippen LogP contribution in [0.15, 0.2) is 9.59 Å². The van der Waals surface area contributed by atoms with E-state index in [1.54, 1.807) is 0 Å². The SMILES string of the molecule is COCCn1c(N)c(NC(CCO)C(C)C)c(=O)[nH]c1=O. The van der Waals surface area contributed by atoms with Crippen molar-refractivity contribution in [2.45, 2.75) is 32.9 Å². The Balaban J connectivity index is 3.17. The summed E-state index contributed by atoms with van der Waals surface area (Å²) in [5.41, 5.74) is 4.96. The van der Waals surface area contributed by atoms with Gasteiger partial charge in [-0.15, -0.1) is 0 Å². The number of ether oxygens (including phenoxy) is 1. The van der Waals surface area contributed by atoms with Crippen molar-refractivity contribution in [1.29, 1.82) is 0 Å². The third-order valence-electron chi connectivity index (χ3n) is 3.33. The van der Waals surface area contributed by atoms with Crippen LogP contribution in [0.3, 0.4) is 0 Å². The second-order valence-corrected chi connectivity index (χ2v) is 5.17. The lowest BCUT2D eigenvalue weighted by Crippen LogP contribution is -2.37. The van der Waals surface area contributed by atoms with Crippen LogP contribution in [0, 0.1) is 5.92 Å². The summed E-state index contributed by atoms with van der Waals surface area (Å²) in [6.45, 7) is 4.49. The number of hydrogen-bond acceptors (Lipinski definition) is 6. The van der Waals surface area contributed by atoms with Gasteiger partial charge in [0.2, 0.25) is 0 Å². The number of aromatic nitrogens is 2. The first-order valence-electron chi connectivity index (χ1n) is 6.91. The number of aromatic amines is 1. The summed E-state index contributed by atoms with van der Waals surface area (Å²) in [6, 6.07) is -0.119. The fourth-order valence-corrected chi connectivity index (χ4v) is 2.03. The predicted octanol–water partition coefficient (Wildman–Crippen LogP) is -0.416. The van der Waals surface area contributed by atoms with Crippen molar-refractivity contribution in [3.8, 4) is 0 Å². The lowest BCUT2D eigenvalue weighted by molar-refractivity contribution is 0.186. The molecule has 0 aliphatic carbocycles. The number of H-pyrrole nitrogens is 1. The lowest BCUT2D eigenvalue weighted by atomic mass is 10.0. The summed E-state index contributed by atoms with van der Waals surface area (Å²) in [6.07, 6.45) is 0.480. The maximum Gasteiger partial charge on any atom is 0.330 e. The molecule has 8 nitrogen and oxygen atoms in total. The first-order chi connectivity index (χ1) is 9.92. The molecule has 5 N–H and O–H groups in total. The molecule has 0 bridgehead atoms. The number of aliphatic hydroxyl groups excluding tert-OH is 1. The van der Waals surface area contributed by atoms with Crippen molar-refractivity contribution >= 4 is 11.5 Å². The number of methoxy groups -OCH3 is 1. The zero-order valence-corrected chi connectivity index (χ0v) is 12.7. The molecule has 1 unspecified atom stereocenters. The summed E-state index contributed by atoms with van der Waals surface area (Å²) in [7, 11) is 1.52. The zero-order valence-electron chi connectivity index (χ0n) is 12.7. The highest BCUT2D eigenvalue weighted by atomic mass is 16.5. The van der Waals surface area contributed by atoms with Crippen molar-refractivity contribution in [3.63, 3.8) is 0 Å². The molecular formula is C13H24N4O4. The van der Waals surface area contributed by atoms with Crippen molar-refractivity contribution in [2.75, 3.05) is 31.4 Å². The molecule has 0 fully saturated rings. The molecule has 0 saturated heterocycles. The van der Waals surface area contributed by atoms with Gasteiger partial charge in [0.15, 0.2) is 0 Å². The van der Waals surface area contributed by atoms with Crippen LogP contribution in [0.4, 0.5) is 11.5 Å². The van der Waals surface area contributed by atoms with Gasteiger partial charge in [0, 0.05) is 19.8 Å². The normalized spacial score (nSPS) is 12.6. The first kappa shape index (κ1) is 17.3. The van der Waals surface area contributed by atoms with Crippen molar-refractivity contribution in [1.82, 2.24) is 9.55 Å². The molecule has 0 saturated carbocycles. The maximum atomic E-state index is 11.9. The minimum absolute atomic E-state index is 0.00301. The number of rotatable bonds is 8. The van der Waals surface area contributed by atoms with E-state index < -0.39 is 11.2 Å². The Morgan fingerprint density at radius 3 is 2.62 bits per heavy atom. The Labute approximate surface area is 122 Å². The van der Waals surface area contributed by atoms with E-state index in [-0.39, 0.29) is 36.6 Å². The van der Waals surface area contributed by atoms with Gasteiger partial charge in [-0.2, -0.15) is 0 Å². The molecule has 1 aromatic heterocycles. The first-order valence-corrected chi connectivity index (χ1v) is 6.91. The number of hydrogen-bond donors (Lipinski definition) is 4. The molecule has 120 valence electrons. The Morgan fingerprint density at radius 2 is 2.10 bits per heavy atom. The average molecular weight is 300 g/mol. The van der Waals surface area contributed by atoms with E-state index >= 15 is 0 Å². The van der Waals surface area contributed by atoms with Crippen LogP contribution < -0.4 is 22.3 Å². The number of nitrogens with two attached hydrogens (primary N) is 1. The Hall–Kier alpha value is -1.80. The summed E-state index contributed by atoms with van der Waals surface area (Å²) in [5, 5.41) is 12.1. The van der Waals surface area contributed by atoms with Crippen LogP contribution in [0.25, 0.3) is 0 Å². The van der Waals surface area contributed by atoms with Crippen LogP contribution in [-0.4, -0.2) is 41.0 Å². The van der Waals surface area contributed by atoms with E-state index in [9.17, 15) is 9.59 Å². The number of anilines is 2. The molecule has 0 amide bonds. The van der Waals surface area contributed by atoms with Crippen LogP contribution >= 0.6 is 0 Å². The summed E-state index contributed by atoms with van der Waals surface area (Å²) in [4.78, 5) is 25.9. The van der Waals surface area contributed by atoms with E-state index in [1.807, 2.05) is 13.8 Å². The molecule has 0 spiro atoms. The van der Waals surface area contributed by atoms with Gasteiger partial charge in [-0.25, -0.2) is 4.79 Å². The molecular weight excluding hydrogens is 276 g/mol. The van der Waals surface area contributed by atoms with Gasteiger partial charge >= 0.3 is 5.69 Å². The van der Waals surface area contributed by atoms with Gasteiger partial charge in [-0.05, 0) is 12.3 Å². The standard InChI is InChI=1S/C13H24N4O4/c1-8(2)9(4-6-18)15-10-11(14)17(5-7-21-3)13(20)16-12(10)19/h8-9,15,18H,4-7,14H2,1-3H3,(H,16,19,20). The summed E-state index contributed by atoms with van der Waals surface area (Å²) >= 11 is 0. The van der Waals surface area contributed by atoms with Crippen LogP contribution in [0.5, 0.6) is 0 Å². The number of nitrogen functional groups attached to an aromatic ring is 1. The third-order valence-corrected chi connectivity index (χ3v) is 3.33. The van der Waals surface area contributed by atoms with Gasteiger partial charge in [0.1, 0.15) is 11.5 Å². The fourth-order valence-electron chi connectivity index (χ4n) is 2.03. The van der Waals surface area contributed by atoms with Crippen LogP contribution in [0.1, 0.15) is 20.3 Å². The van der Waals surface area contributed by atoms with Gasteiger partial charge in [-0.3, -0.25) is 14.3 Å². The highest BCUT2D eigenvalue weighted by Crippen LogP contribution is 2.16. The number of nitrogens with one attached hydrogen (secondary N) is 2. The van der Waals surface area contributed by atoms with Gasteiger partial charge < -0.3 is 20.9 Å². The molecule has 0 aromatic carbocycles. The quantitative estimate of drug-likeness (QED) is 0.517. The maximum absolute atomic E-state index is 11.9. The highest BCUT2D eigenvalue weighted by Gasteiger charge is 2.18. The Morgan fingerprint density at radius 1 is 1.43 bits per heavy atom. The molecule has 1 rings (SSSR count). The molecule has 0 radical (unpaired) electrons. The van der Waals surface area contributed by atoms with Crippen molar-refractivity contribution in [3.05, 3.63) is 20.8 Å². The topological polar surface area (TPSA) is 122 Å². The minimum Gasteiger partial charge on any atom is -0.396 e. The largest absolute Gasteiger partial charge is 0.396 e. The second-order valence-electron chi connectivity index (χ2n) is 5.17. The molecule has 0 aliphatic rings. The van der Waals surface area contributed by atoms with E-state index in [0.717, 1.165) is 0 Å². The van der Waals surface area contributed by atoms with E-state index in [4.69, 9.17) is 15.6 Å². The molecule has 21 heavy (non-hydrogen) atoms. The van der Waals surface area contributed by atoms with Crippen molar-refractivity contribution < 1.29 is 9.84 Å². The highest BCUT2D eigenvalue weighted by molar-refractivity contribution is 5.60. The summed E-state index contributed by atoms with van der Waals surface area (Å²) in [5.74, 6) is 0.264.